The standard InChI is InChI=1S/C19H21ClN2O3/c1-3-17(13-6-4-12(2)5-7-13)22-18(23)11-25-19(24)15-9-8-14(20)10-16(15)21/h4-10,17H,3,11,21H2,1-2H3,(H,22,23)/t17-/m0/s1. The average molecular weight is 361 g/mol. The number of aryl methyl sites for hydroxylation is 1. The topological polar surface area (TPSA) is 81.4 Å². The monoisotopic (exact) mass is 360 g/mol. The van der Waals surface area contributed by atoms with Crippen molar-refractivity contribution in [2.45, 2.75) is 26.3 Å². The summed E-state index contributed by atoms with van der Waals surface area (Å²) in [5.41, 5.74) is 8.29. The van der Waals surface area contributed by atoms with Gasteiger partial charge in [-0.25, -0.2) is 4.79 Å². The van der Waals surface area contributed by atoms with Crippen LogP contribution in [0.1, 0.15) is 40.9 Å². The molecule has 0 saturated heterocycles. The summed E-state index contributed by atoms with van der Waals surface area (Å²) in [6.07, 6.45) is 0.729. The van der Waals surface area contributed by atoms with E-state index in [9.17, 15) is 9.59 Å². The molecular weight excluding hydrogens is 340 g/mol. The van der Waals surface area contributed by atoms with Crippen molar-refractivity contribution >= 4 is 29.2 Å². The van der Waals surface area contributed by atoms with E-state index in [0.29, 0.717) is 5.02 Å². The Labute approximate surface area is 152 Å². The van der Waals surface area contributed by atoms with Gasteiger partial charge in [-0.1, -0.05) is 48.4 Å². The van der Waals surface area contributed by atoms with Crippen LogP contribution in [-0.4, -0.2) is 18.5 Å². The first-order valence-corrected chi connectivity index (χ1v) is 8.36. The largest absolute Gasteiger partial charge is 0.452 e. The van der Waals surface area contributed by atoms with Gasteiger partial charge in [-0.3, -0.25) is 4.79 Å². The number of nitrogens with two attached hydrogens (primary N) is 1. The molecule has 25 heavy (non-hydrogen) atoms. The normalized spacial score (nSPS) is 11.6. The summed E-state index contributed by atoms with van der Waals surface area (Å²) < 4.78 is 5.04. The van der Waals surface area contributed by atoms with Gasteiger partial charge in [0.15, 0.2) is 6.61 Å². The molecule has 0 spiro atoms. The highest BCUT2D eigenvalue weighted by Gasteiger charge is 2.16. The number of carbonyl (C=O) groups is 2. The van der Waals surface area contributed by atoms with Gasteiger partial charge in [0.25, 0.3) is 5.91 Å². The van der Waals surface area contributed by atoms with Crippen molar-refractivity contribution in [1.82, 2.24) is 5.32 Å². The Kier molecular flexibility index (Phi) is 6.42. The Morgan fingerprint density at radius 2 is 1.88 bits per heavy atom. The zero-order valence-corrected chi connectivity index (χ0v) is 15.0. The molecule has 0 radical (unpaired) electrons. The Morgan fingerprint density at radius 3 is 2.48 bits per heavy atom. The van der Waals surface area contributed by atoms with Gasteiger partial charge in [0, 0.05) is 10.7 Å². The molecule has 0 heterocycles. The second-order valence-electron chi connectivity index (χ2n) is 5.75. The molecule has 0 aliphatic rings. The lowest BCUT2D eigenvalue weighted by Crippen LogP contribution is -2.32. The van der Waals surface area contributed by atoms with Crippen LogP contribution in [-0.2, 0) is 9.53 Å². The van der Waals surface area contributed by atoms with E-state index in [4.69, 9.17) is 22.1 Å². The van der Waals surface area contributed by atoms with Gasteiger partial charge in [-0.15, -0.1) is 0 Å². The van der Waals surface area contributed by atoms with Gasteiger partial charge in [0.2, 0.25) is 0 Å². The first-order valence-electron chi connectivity index (χ1n) is 7.98. The number of esters is 1. The van der Waals surface area contributed by atoms with Crippen molar-refractivity contribution in [3.63, 3.8) is 0 Å². The van der Waals surface area contributed by atoms with Crippen LogP contribution in [0, 0.1) is 6.92 Å². The number of benzene rings is 2. The van der Waals surface area contributed by atoms with E-state index in [2.05, 4.69) is 5.32 Å². The second kappa shape index (κ2) is 8.53. The third kappa shape index (κ3) is 5.22. The molecule has 1 atom stereocenters. The highest BCUT2D eigenvalue weighted by Crippen LogP contribution is 2.19. The van der Waals surface area contributed by atoms with E-state index in [0.717, 1.165) is 17.5 Å². The molecule has 0 aromatic heterocycles. The molecule has 6 heteroatoms. The number of hydrogen-bond acceptors (Lipinski definition) is 4. The minimum atomic E-state index is -0.660. The van der Waals surface area contributed by atoms with Crippen LogP contribution in [0.5, 0.6) is 0 Å². The zero-order valence-electron chi connectivity index (χ0n) is 14.2. The summed E-state index contributed by atoms with van der Waals surface area (Å²) in [6.45, 7) is 3.61. The Morgan fingerprint density at radius 1 is 1.20 bits per heavy atom. The van der Waals surface area contributed by atoms with Crippen molar-refractivity contribution in [3.8, 4) is 0 Å². The molecule has 0 aliphatic heterocycles. The van der Waals surface area contributed by atoms with Crippen molar-refractivity contribution in [2.24, 2.45) is 0 Å². The van der Waals surface area contributed by atoms with Crippen LogP contribution in [0.25, 0.3) is 0 Å². The van der Waals surface area contributed by atoms with Crippen LogP contribution in [0.4, 0.5) is 5.69 Å². The minimum absolute atomic E-state index is 0.132. The lowest BCUT2D eigenvalue weighted by Gasteiger charge is -2.17. The first-order chi connectivity index (χ1) is 11.9. The number of ether oxygens (including phenoxy) is 1. The van der Waals surface area contributed by atoms with Crippen LogP contribution in [0.3, 0.4) is 0 Å². The number of hydrogen-bond donors (Lipinski definition) is 2. The summed E-state index contributed by atoms with van der Waals surface area (Å²) >= 11 is 5.79. The van der Waals surface area contributed by atoms with Crippen molar-refractivity contribution in [3.05, 3.63) is 64.2 Å². The van der Waals surface area contributed by atoms with Crippen molar-refractivity contribution < 1.29 is 14.3 Å². The lowest BCUT2D eigenvalue weighted by atomic mass is 10.0. The summed E-state index contributed by atoms with van der Waals surface area (Å²) in [5.74, 6) is -1.03. The third-order valence-electron chi connectivity index (χ3n) is 3.79. The number of nitrogen functional groups attached to an aromatic ring is 1. The number of amides is 1. The summed E-state index contributed by atoms with van der Waals surface area (Å²) in [4.78, 5) is 24.1. The SMILES string of the molecule is CC[C@H](NC(=O)COC(=O)c1ccc(Cl)cc1N)c1ccc(C)cc1. The molecule has 3 N–H and O–H groups in total. The van der Waals surface area contributed by atoms with Gasteiger partial charge < -0.3 is 15.8 Å². The van der Waals surface area contributed by atoms with Gasteiger partial charge in [0.05, 0.1) is 11.6 Å². The average Bonchev–Trinajstić information content (AvgIpc) is 2.58. The number of rotatable bonds is 6. The van der Waals surface area contributed by atoms with Crippen LogP contribution in [0.15, 0.2) is 42.5 Å². The molecule has 2 aromatic carbocycles. The van der Waals surface area contributed by atoms with Crippen molar-refractivity contribution in [1.29, 1.82) is 0 Å². The highest BCUT2D eigenvalue weighted by atomic mass is 35.5. The van der Waals surface area contributed by atoms with Gasteiger partial charge in [0.1, 0.15) is 0 Å². The highest BCUT2D eigenvalue weighted by molar-refractivity contribution is 6.31. The van der Waals surface area contributed by atoms with E-state index in [1.807, 2.05) is 38.1 Å². The fourth-order valence-corrected chi connectivity index (χ4v) is 2.56. The Hall–Kier alpha value is -2.53. The molecule has 0 fully saturated rings. The van der Waals surface area contributed by atoms with Gasteiger partial charge in [-0.05, 0) is 37.1 Å². The molecule has 2 rings (SSSR count). The van der Waals surface area contributed by atoms with Crippen LogP contribution in [0.2, 0.25) is 5.02 Å². The molecule has 132 valence electrons. The Bertz CT molecular complexity index is 760. The third-order valence-corrected chi connectivity index (χ3v) is 4.03. The molecular formula is C19H21ClN2O3. The van der Waals surface area contributed by atoms with E-state index < -0.39 is 5.97 Å². The maximum absolute atomic E-state index is 12.1. The van der Waals surface area contributed by atoms with Crippen LogP contribution >= 0.6 is 11.6 Å². The molecule has 0 bridgehead atoms. The number of anilines is 1. The number of halogens is 1. The predicted octanol–water partition coefficient (Wildman–Crippen LogP) is 3.65. The molecule has 2 aromatic rings. The number of nitrogens with one attached hydrogen (secondary N) is 1. The van der Waals surface area contributed by atoms with Gasteiger partial charge >= 0.3 is 5.97 Å². The summed E-state index contributed by atoms with van der Waals surface area (Å²) in [6, 6.07) is 12.3. The predicted molar refractivity (Wildman–Crippen MR) is 98.5 cm³/mol. The summed E-state index contributed by atoms with van der Waals surface area (Å²) in [7, 11) is 0. The van der Waals surface area contributed by atoms with Gasteiger partial charge in [-0.2, -0.15) is 0 Å². The molecule has 5 nitrogen and oxygen atoms in total. The molecule has 0 unspecified atom stereocenters. The van der Waals surface area contributed by atoms with E-state index in [1.165, 1.54) is 12.1 Å². The quantitative estimate of drug-likeness (QED) is 0.608. The molecule has 0 aliphatic carbocycles. The zero-order chi connectivity index (χ0) is 18.4. The second-order valence-corrected chi connectivity index (χ2v) is 6.18. The first kappa shape index (κ1) is 18.8. The molecule has 0 saturated carbocycles. The van der Waals surface area contributed by atoms with E-state index in [1.54, 1.807) is 6.07 Å². The van der Waals surface area contributed by atoms with E-state index in [-0.39, 0.29) is 29.8 Å². The summed E-state index contributed by atoms with van der Waals surface area (Å²) in [5, 5.41) is 3.29. The lowest BCUT2D eigenvalue weighted by molar-refractivity contribution is -0.125. The number of carbonyl (C=O) groups excluding carboxylic acids is 2. The van der Waals surface area contributed by atoms with Crippen molar-refractivity contribution in [2.75, 3.05) is 12.3 Å². The van der Waals surface area contributed by atoms with Crippen LogP contribution < -0.4 is 11.1 Å². The Balaban J connectivity index is 1.92. The smallest absolute Gasteiger partial charge is 0.340 e. The minimum Gasteiger partial charge on any atom is -0.452 e. The fraction of sp³-hybridized carbons (Fsp3) is 0.263. The maximum atomic E-state index is 12.1. The maximum Gasteiger partial charge on any atom is 0.340 e. The fourth-order valence-electron chi connectivity index (χ4n) is 2.38. The molecule has 1 amide bonds. The van der Waals surface area contributed by atoms with E-state index >= 15 is 0 Å².